The Morgan fingerprint density at radius 3 is 2.90 bits per heavy atom. The van der Waals surface area contributed by atoms with E-state index in [1.807, 2.05) is 6.92 Å². The van der Waals surface area contributed by atoms with Crippen molar-refractivity contribution in [3.8, 4) is 5.75 Å². The van der Waals surface area contributed by atoms with E-state index in [-0.39, 0.29) is 12.0 Å². The van der Waals surface area contributed by atoms with Gasteiger partial charge in [-0.15, -0.1) is 20.4 Å². The molecule has 0 saturated heterocycles. The van der Waals surface area contributed by atoms with E-state index in [9.17, 15) is 0 Å². The third-order valence-corrected chi connectivity index (χ3v) is 3.56. The van der Waals surface area contributed by atoms with Crippen molar-refractivity contribution < 1.29 is 8.92 Å². The molecule has 0 bridgehead atoms. The molecule has 1 aromatic carbocycles. The minimum atomic E-state index is -1.07. The number of amidine groups is 1. The van der Waals surface area contributed by atoms with Crippen molar-refractivity contribution in [3.05, 3.63) is 28.8 Å². The van der Waals surface area contributed by atoms with Crippen molar-refractivity contribution in [2.24, 2.45) is 19.5 Å². The summed E-state index contributed by atoms with van der Waals surface area (Å²) in [6.45, 7) is 2.18. The van der Waals surface area contributed by atoms with Crippen molar-refractivity contribution in [1.29, 1.82) is 0 Å². The Morgan fingerprint density at radius 2 is 2.20 bits per heavy atom. The minimum Gasteiger partial charge on any atom is -0.423 e. The number of hydrogen-bond donors (Lipinski definition) is 1. The van der Waals surface area contributed by atoms with Crippen LogP contribution in [0.4, 0.5) is 0 Å². The van der Waals surface area contributed by atoms with Gasteiger partial charge in [0.2, 0.25) is 5.96 Å². The standard InChI is InChI=1S/C11H12Cl2N4O2S/c1-7-6-8(13)2-3-9(7)19-11-15-10(14)16-20(17-11)18-5-4-12/h2-3,6H,4-5H2,1H3,(H2,14,15,16,17). The molecule has 1 unspecified atom stereocenters. The molecular formula is C11H12Cl2N4O2S. The van der Waals surface area contributed by atoms with Crippen LogP contribution in [0.25, 0.3) is 0 Å². The molecule has 6 nitrogen and oxygen atoms in total. The minimum absolute atomic E-state index is 0.0551. The average molecular weight is 335 g/mol. The third-order valence-electron chi connectivity index (χ3n) is 2.14. The normalized spacial score (nSPS) is 18.1. The number of rotatable bonds is 4. The van der Waals surface area contributed by atoms with Crippen LogP contribution in [-0.4, -0.2) is 24.5 Å². The number of nitrogens with zero attached hydrogens (tertiary/aromatic N) is 3. The van der Waals surface area contributed by atoms with Gasteiger partial charge in [0, 0.05) is 10.9 Å². The molecule has 108 valence electrons. The highest BCUT2D eigenvalue weighted by Gasteiger charge is 2.12. The van der Waals surface area contributed by atoms with Crippen LogP contribution in [0.1, 0.15) is 5.56 Å². The maximum Gasteiger partial charge on any atom is 0.335 e. The number of nitrogens with two attached hydrogens (primary N) is 1. The second-order valence-electron chi connectivity index (χ2n) is 3.69. The van der Waals surface area contributed by atoms with E-state index in [0.29, 0.717) is 23.3 Å². The second-order valence-corrected chi connectivity index (χ2v) is 5.57. The van der Waals surface area contributed by atoms with Gasteiger partial charge in [-0.05, 0) is 30.7 Å². The van der Waals surface area contributed by atoms with E-state index in [1.54, 1.807) is 18.2 Å². The zero-order valence-corrected chi connectivity index (χ0v) is 12.9. The van der Waals surface area contributed by atoms with Gasteiger partial charge < -0.3 is 10.5 Å². The first kappa shape index (κ1) is 15.2. The molecule has 20 heavy (non-hydrogen) atoms. The number of aliphatic imine (C=N–C) groups is 1. The molecule has 0 saturated carbocycles. The first-order valence-electron chi connectivity index (χ1n) is 5.61. The largest absolute Gasteiger partial charge is 0.423 e. The molecule has 1 heterocycles. The lowest BCUT2D eigenvalue weighted by Gasteiger charge is -2.11. The Labute approximate surface area is 129 Å². The van der Waals surface area contributed by atoms with Gasteiger partial charge in [0.15, 0.2) is 11.2 Å². The Hall–Kier alpha value is -1.15. The number of guanidine groups is 1. The van der Waals surface area contributed by atoms with Gasteiger partial charge in [0.1, 0.15) is 5.75 Å². The molecule has 2 rings (SSSR count). The summed E-state index contributed by atoms with van der Waals surface area (Å²) < 4.78 is 18.9. The number of alkyl halides is 1. The zero-order chi connectivity index (χ0) is 14.5. The molecule has 1 aliphatic heterocycles. The molecule has 0 fully saturated rings. The summed E-state index contributed by atoms with van der Waals surface area (Å²) in [5, 5.41) is 0.628. The highest BCUT2D eigenvalue weighted by Crippen LogP contribution is 2.22. The molecule has 0 aromatic heterocycles. The highest BCUT2D eigenvalue weighted by molar-refractivity contribution is 7.81. The van der Waals surface area contributed by atoms with E-state index >= 15 is 0 Å². The summed E-state index contributed by atoms with van der Waals surface area (Å²) in [6.07, 6.45) is 0. The summed E-state index contributed by atoms with van der Waals surface area (Å²) in [5.41, 5.74) is 6.46. The zero-order valence-electron chi connectivity index (χ0n) is 10.5. The van der Waals surface area contributed by atoms with E-state index in [1.165, 1.54) is 0 Å². The molecule has 0 radical (unpaired) electrons. The van der Waals surface area contributed by atoms with Crippen LogP contribution in [-0.2, 0) is 15.3 Å². The SMILES string of the molecule is Cc1cc(Cl)ccc1OC1=NS(OCCCl)=NC(N)=N1. The van der Waals surface area contributed by atoms with Crippen molar-refractivity contribution in [1.82, 2.24) is 0 Å². The van der Waals surface area contributed by atoms with Crippen LogP contribution in [0.15, 0.2) is 32.0 Å². The molecule has 0 amide bonds. The molecule has 0 spiro atoms. The fourth-order valence-electron chi connectivity index (χ4n) is 1.33. The predicted octanol–water partition coefficient (Wildman–Crippen LogP) is 2.60. The lowest BCUT2D eigenvalue weighted by molar-refractivity contribution is 0.395. The second kappa shape index (κ2) is 7.03. The van der Waals surface area contributed by atoms with Crippen molar-refractivity contribution in [2.75, 3.05) is 12.5 Å². The molecule has 0 aliphatic carbocycles. The molecular weight excluding hydrogens is 323 g/mol. The van der Waals surface area contributed by atoms with Crippen LogP contribution in [0.3, 0.4) is 0 Å². The van der Waals surface area contributed by atoms with Gasteiger partial charge in [0.25, 0.3) is 0 Å². The average Bonchev–Trinajstić information content (AvgIpc) is 2.39. The number of ether oxygens (including phenoxy) is 1. The van der Waals surface area contributed by atoms with Gasteiger partial charge in [-0.2, -0.15) is 4.99 Å². The first-order valence-corrected chi connectivity index (χ1v) is 7.58. The maximum atomic E-state index is 5.88. The van der Waals surface area contributed by atoms with Crippen molar-refractivity contribution in [3.63, 3.8) is 0 Å². The smallest absolute Gasteiger partial charge is 0.335 e. The monoisotopic (exact) mass is 334 g/mol. The molecule has 1 aromatic rings. The maximum absolute atomic E-state index is 5.88. The Morgan fingerprint density at radius 1 is 1.40 bits per heavy atom. The molecule has 9 heteroatoms. The summed E-state index contributed by atoms with van der Waals surface area (Å²) in [4.78, 5) is 3.92. The molecule has 1 aliphatic rings. The van der Waals surface area contributed by atoms with Crippen LogP contribution in [0.5, 0.6) is 5.75 Å². The highest BCUT2D eigenvalue weighted by atomic mass is 35.5. The van der Waals surface area contributed by atoms with Gasteiger partial charge in [-0.25, -0.2) is 0 Å². The van der Waals surface area contributed by atoms with Gasteiger partial charge in [-0.1, -0.05) is 11.6 Å². The van der Waals surface area contributed by atoms with Crippen molar-refractivity contribution in [2.45, 2.75) is 6.92 Å². The first-order chi connectivity index (χ1) is 9.58. The van der Waals surface area contributed by atoms with Crippen molar-refractivity contribution >= 4 is 46.3 Å². The van der Waals surface area contributed by atoms with Crippen LogP contribution >= 0.6 is 23.2 Å². The quantitative estimate of drug-likeness (QED) is 0.859. The van der Waals surface area contributed by atoms with Gasteiger partial charge in [-0.3, -0.25) is 4.18 Å². The lowest BCUT2D eigenvalue weighted by Crippen LogP contribution is -2.21. The number of halogens is 2. The molecule has 2 N–H and O–H groups in total. The summed E-state index contributed by atoms with van der Waals surface area (Å²) in [6, 6.07) is 5.33. The van der Waals surface area contributed by atoms with Crippen LogP contribution < -0.4 is 10.5 Å². The van der Waals surface area contributed by atoms with E-state index in [2.05, 4.69) is 13.8 Å². The predicted molar refractivity (Wildman–Crippen MR) is 82.3 cm³/mol. The Balaban J connectivity index is 2.16. The number of benzene rings is 1. The fourth-order valence-corrected chi connectivity index (χ4v) is 2.52. The summed E-state index contributed by atoms with van der Waals surface area (Å²) >= 11 is 10.4. The topological polar surface area (TPSA) is 81.6 Å². The lowest BCUT2D eigenvalue weighted by atomic mass is 10.2. The third kappa shape index (κ3) is 4.17. The van der Waals surface area contributed by atoms with Gasteiger partial charge >= 0.3 is 6.02 Å². The number of hydrogen-bond acceptors (Lipinski definition) is 6. The Bertz CT molecular complexity index is 604. The number of aryl methyl sites for hydroxylation is 1. The Kier molecular flexibility index (Phi) is 5.36. The summed E-state index contributed by atoms with van der Waals surface area (Å²) in [5.74, 6) is 0.991. The van der Waals surface area contributed by atoms with E-state index < -0.39 is 11.2 Å². The fraction of sp³-hybridized carbons (Fsp3) is 0.273. The van der Waals surface area contributed by atoms with Crippen LogP contribution in [0.2, 0.25) is 5.02 Å². The van der Waals surface area contributed by atoms with E-state index in [4.69, 9.17) is 37.9 Å². The van der Waals surface area contributed by atoms with E-state index in [0.717, 1.165) is 5.56 Å². The molecule has 1 atom stereocenters. The summed E-state index contributed by atoms with van der Waals surface area (Å²) in [7, 11) is 0. The van der Waals surface area contributed by atoms with Gasteiger partial charge in [0.05, 0.1) is 6.61 Å². The van der Waals surface area contributed by atoms with Crippen LogP contribution in [0, 0.1) is 6.92 Å².